The van der Waals surface area contributed by atoms with Crippen molar-refractivity contribution in [3.8, 4) is 0 Å². The summed E-state index contributed by atoms with van der Waals surface area (Å²) < 4.78 is 5.59. The number of morpholine rings is 1. The maximum Gasteiger partial charge on any atom is 0.224 e. The topological polar surface area (TPSA) is 82.1 Å². The van der Waals surface area contributed by atoms with Crippen molar-refractivity contribution in [1.82, 2.24) is 20.5 Å². The summed E-state index contributed by atoms with van der Waals surface area (Å²) in [5.41, 5.74) is 1.05. The average molecular weight is 405 g/mol. The Morgan fingerprint density at radius 2 is 2.10 bits per heavy atom. The molecule has 0 aromatic carbocycles. The van der Waals surface area contributed by atoms with Crippen molar-refractivity contribution in [2.45, 2.75) is 46.8 Å². The highest BCUT2D eigenvalue weighted by atomic mass is 16.5. The molecule has 2 heterocycles. The van der Waals surface area contributed by atoms with E-state index in [1.807, 2.05) is 37.9 Å². The standard InChI is InChI=1S/C21H36N6O2/c1-5-22-21(23-11-10-20(28)26(6-2)7-3)25-15-18-8-9-19(24-14-18)27-12-13-29-17(4)16-27/h8-9,14,17H,5-7,10-13,15-16H2,1-4H3,(H2,22,23,25). The minimum atomic E-state index is 0.163. The molecule has 0 radical (unpaired) electrons. The van der Waals surface area contributed by atoms with Crippen molar-refractivity contribution in [2.75, 3.05) is 50.8 Å². The number of hydrogen-bond donors (Lipinski definition) is 2. The molecule has 0 bridgehead atoms. The highest BCUT2D eigenvalue weighted by molar-refractivity contribution is 5.81. The number of nitrogens with one attached hydrogen (secondary N) is 2. The number of aromatic nitrogens is 1. The Kier molecular flexibility index (Phi) is 9.70. The molecule has 1 fully saturated rings. The number of nitrogens with zero attached hydrogens (tertiary/aromatic N) is 4. The fraction of sp³-hybridized carbons (Fsp3) is 0.667. The van der Waals surface area contributed by atoms with Gasteiger partial charge in [-0.15, -0.1) is 0 Å². The molecule has 2 N–H and O–H groups in total. The monoisotopic (exact) mass is 404 g/mol. The summed E-state index contributed by atoms with van der Waals surface area (Å²) >= 11 is 0. The van der Waals surface area contributed by atoms with Gasteiger partial charge in [0.25, 0.3) is 0 Å². The van der Waals surface area contributed by atoms with E-state index in [0.29, 0.717) is 25.5 Å². The second-order valence-electron chi connectivity index (χ2n) is 7.09. The molecule has 0 spiro atoms. The van der Waals surface area contributed by atoms with Gasteiger partial charge in [-0.05, 0) is 39.3 Å². The predicted octanol–water partition coefficient (Wildman–Crippen LogP) is 1.62. The van der Waals surface area contributed by atoms with Crippen LogP contribution in [0.25, 0.3) is 0 Å². The fourth-order valence-electron chi connectivity index (χ4n) is 3.26. The van der Waals surface area contributed by atoms with E-state index in [9.17, 15) is 4.79 Å². The number of aliphatic imine (C=N–C) groups is 1. The first-order chi connectivity index (χ1) is 14.1. The first-order valence-electron chi connectivity index (χ1n) is 10.7. The van der Waals surface area contributed by atoms with E-state index in [1.54, 1.807) is 0 Å². The minimum Gasteiger partial charge on any atom is -0.375 e. The number of hydrogen-bond acceptors (Lipinski definition) is 5. The van der Waals surface area contributed by atoms with Crippen LogP contribution in [0.2, 0.25) is 0 Å². The van der Waals surface area contributed by atoms with E-state index in [2.05, 4.69) is 38.5 Å². The van der Waals surface area contributed by atoms with Gasteiger partial charge in [0.2, 0.25) is 5.91 Å². The molecule has 1 aromatic rings. The van der Waals surface area contributed by atoms with Crippen molar-refractivity contribution < 1.29 is 9.53 Å². The third-order valence-electron chi connectivity index (χ3n) is 4.89. The van der Waals surface area contributed by atoms with E-state index in [1.165, 1.54) is 0 Å². The SMILES string of the molecule is CCNC(=NCc1ccc(N2CCOC(C)C2)nc1)NCCC(=O)N(CC)CC. The molecule has 8 nitrogen and oxygen atoms in total. The summed E-state index contributed by atoms with van der Waals surface area (Å²) in [5, 5.41) is 6.46. The number of carbonyl (C=O) groups excluding carboxylic acids is 1. The molecule has 1 unspecified atom stereocenters. The highest BCUT2D eigenvalue weighted by Gasteiger charge is 2.17. The Labute approximate surface area is 174 Å². The Hall–Kier alpha value is -2.35. The number of anilines is 1. The molecule has 29 heavy (non-hydrogen) atoms. The molecule has 1 atom stereocenters. The Balaban J connectivity index is 1.86. The zero-order valence-electron chi connectivity index (χ0n) is 18.3. The molecular weight excluding hydrogens is 368 g/mol. The molecule has 1 aromatic heterocycles. The van der Waals surface area contributed by atoms with Crippen LogP contribution in [-0.2, 0) is 16.1 Å². The Morgan fingerprint density at radius 1 is 1.31 bits per heavy atom. The molecule has 162 valence electrons. The summed E-state index contributed by atoms with van der Waals surface area (Å²) in [6, 6.07) is 4.12. The zero-order valence-corrected chi connectivity index (χ0v) is 18.3. The normalized spacial score (nSPS) is 17.2. The quantitative estimate of drug-likeness (QED) is 0.481. The van der Waals surface area contributed by atoms with Gasteiger partial charge in [-0.2, -0.15) is 0 Å². The van der Waals surface area contributed by atoms with E-state index >= 15 is 0 Å². The van der Waals surface area contributed by atoms with Crippen LogP contribution in [0.5, 0.6) is 0 Å². The highest BCUT2D eigenvalue weighted by Crippen LogP contribution is 2.15. The summed E-state index contributed by atoms with van der Waals surface area (Å²) in [6.45, 7) is 13.9. The predicted molar refractivity (Wildman–Crippen MR) is 117 cm³/mol. The lowest BCUT2D eigenvalue weighted by Gasteiger charge is -2.32. The molecule has 1 saturated heterocycles. The van der Waals surface area contributed by atoms with Crippen LogP contribution in [0, 0.1) is 0 Å². The number of ether oxygens (including phenoxy) is 1. The van der Waals surface area contributed by atoms with Gasteiger partial charge in [0.1, 0.15) is 5.82 Å². The third kappa shape index (κ3) is 7.53. The van der Waals surface area contributed by atoms with Gasteiger partial charge in [-0.3, -0.25) is 4.79 Å². The lowest BCUT2D eigenvalue weighted by Crippen LogP contribution is -2.41. The molecule has 1 aliphatic heterocycles. The lowest BCUT2D eigenvalue weighted by molar-refractivity contribution is -0.130. The van der Waals surface area contributed by atoms with Crippen molar-refractivity contribution >= 4 is 17.7 Å². The van der Waals surface area contributed by atoms with Gasteiger partial charge in [0, 0.05) is 51.9 Å². The van der Waals surface area contributed by atoms with Gasteiger partial charge in [0.05, 0.1) is 19.3 Å². The summed E-state index contributed by atoms with van der Waals surface area (Å²) in [7, 11) is 0. The van der Waals surface area contributed by atoms with Crippen molar-refractivity contribution in [2.24, 2.45) is 4.99 Å². The maximum atomic E-state index is 12.1. The van der Waals surface area contributed by atoms with E-state index < -0.39 is 0 Å². The summed E-state index contributed by atoms with van der Waals surface area (Å²) in [4.78, 5) is 25.4. The Bertz CT molecular complexity index is 645. The maximum absolute atomic E-state index is 12.1. The molecule has 1 amide bonds. The van der Waals surface area contributed by atoms with E-state index in [0.717, 1.165) is 50.7 Å². The molecule has 0 aliphatic carbocycles. The molecule has 2 rings (SSSR count). The van der Waals surface area contributed by atoms with Gasteiger partial charge in [-0.25, -0.2) is 9.98 Å². The Morgan fingerprint density at radius 3 is 2.72 bits per heavy atom. The average Bonchev–Trinajstić information content (AvgIpc) is 2.73. The van der Waals surface area contributed by atoms with Crippen LogP contribution in [0.15, 0.2) is 23.3 Å². The molecular formula is C21H36N6O2. The van der Waals surface area contributed by atoms with Crippen LogP contribution in [0.4, 0.5) is 5.82 Å². The number of pyridine rings is 1. The third-order valence-corrected chi connectivity index (χ3v) is 4.89. The van der Waals surface area contributed by atoms with Crippen molar-refractivity contribution in [3.63, 3.8) is 0 Å². The first kappa shape index (κ1) is 22.9. The van der Waals surface area contributed by atoms with Gasteiger partial charge in [-0.1, -0.05) is 6.07 Å². The second-order valence-corrected chi connectivity index (χ2v) is 7.09. The van der Waals surface area contributed by atoms with Gasteiger partial charge >= 0.3 is 0 Å². The number of amides is 1. The largest absolute Gasteiger partial charge is 0.375 e. The zero-order chi connectivity index (χ0) is 21.1. The summed E-state index contributed by atoms with van der Waals surface area (Å²) in [5.74, 6) is 1.86. The number of carbonyl (C=O) groups is 1. The smallest absolute Gasteiger partial charge is 0.224 e. The van der Waals surface area contributed by atoms with E-state index in [-0.39, 0.29) is 12.0 Å². The molecule has 1 aliphatic rings. The van der Waals surface area contributed by atoms with Crippen molar-refractivity contribution in [1.29, 1.82) is 0 Å². The van der Waals surface area contributed by atoms with Crippen LogP contribution in [0.1, 0.15) is 39.7 Å². The number of rotatable bonds is 9. The van der Waals surface area contributed by atoms with Gasteiger partial charge in [0.15, 0.2) is 5.96 Å². The fourth-order valence-corrected chi connectivity index (χ4v) is 3.26. The first-order valence-corrected chi connectivity index (χ1v) is 10.7. The van der Waals surface area contributed by atoms with E-state index in [4.69, 9.17) is 4.74 Å². The van der Waals surface area contributed by atoms with Crippen molar-refractivity contribution in [3.05, 3.63) is 23.9 Å². The van der Waals surface area contributed by atoms with Crippen LogP contribution < -0.4 is 15.5 Å². The number of guanidine groups is 1. The minimum absolute atomic E-state index is 0.163. The second kappa shape index (κ2) is 12.3. The van der Waals surface area contributed by atoms with Crippen LogP contribution in [-0.4, -0.2) is 73.7 Å². The lowest BCUT2D eigenvalue weighted by atomic mass is 10.2. The summed E-state index contributed by atoms with van der Waals surface area (Å²) in [6.07, 6.45) is 2.57. The molecule has 0 saturated carbocycles. The van der Waals surface area contributed by atoms with Gasteiger partial charge < -0.3 is 25.2 Å². The van der Waals surface area contributed by atoms with Crippen LogP contribution in [0.3, 0.4) is 0 Å². The van der Waals surface area contributed by atoms with Crippen LogP contribution >= 0.6 is 0 Å². The molecule has 8 heteroatoms.